The van der Waals surface area contributed by atoms with Crippen LogP contribution in [-0.4, -0.2) is 42.9 Å². The molecule has 1 heterocycles. The van der Waals surface area contributed by atoms with Crippen LogP contribution in [0.25, 0.3) is 11.5 Å². The number of nitrogens with zero attached hydrogens (tertiary/aromatic N) is 3. The lowest BCUT2D eigenvalue weighted by molar-refractivity contribution is 0.0917. The van der Waals surface area contributed by atoms with Gasteiger partial charge in [-0.25, -0.2) is 12.7 Å². The second-order valence-corrected chi connectivity index (χ2v) is 8.98. The highest BCUT2D eigenvalue weighted by Gasteiger charge is 2.19. The Kier molecular flexibility index (Phi) is 5.81. The predicted molar refractivity (Wildman–Crippen MR) is 108 cm³/mol. The van der Waals surface area contributed by atoms with E-state index >= 15 is 0 Å². The zero-order valence-corrected chi connectivity index (χ0v) is 17.4. The molecule has 0 radical (unpaired) electrons. The predicted octanol–water partition coefficient (Wildman–Crippen LogP) is 2.53. The van der Waals surface area contributed by atoms with Crippen molar-refractivity contribution in [1.29, 1.82) is 0 Å². The lowest BCUT2D eigenvalue weighted by Gasteiger charge is -2.11. The Labute approximate surface area is 169 Å². The second kappa shape index (κ2) is 8.14. The molecule has 29 heavy (non-hydrogen) atoms. The number of rotatable bonds is 6. The molecular formula is C20H22N4O4S. The summed E-state index contributed by atoms with van der Waals surface area (Å²) in [6.45, 7) is 4.38. The number of aromatic nitrogens is 2. The SMILES string of the molecule is Cc1ccc(CNC(=O)c2nnc(-c3ccc(S(=O)(=O)N(C)C)cc3)o2)cc1C. The molecule has 152 valence electrons. The van der Waals surface area contributed by atoms with Crippen LogP contribution >= 0.6 is 0 Å². The largest absolute Gasteiger partial charge is 0.412 e. The molecule has 1 amide bonds. The zero-order valence-electron chi connectivity index (χ0n) is 16.6. The molecule has 0 bridgehead atoms. The lowest BCUT2D eigenvalue weighted by atomic mass is 10.1. The van der Waals surface area contributed by atoms with Crippen LogP contribution in [0, 0.1) is 13.8 Å². The van der Waals surface area contributed by atoms with Crippen LogP contribution in [0.2, 0.25) is 0 Å². The molecule has 2 aromatic carbocycles. The molecule has 1 aromatic heterocycles. The van der Waals surface area contributed by atoms with Crippen LogP contribution < -0.4 is 5.32 Å². The van der Waals surface area contributed by atoms with Gasteiger partial charge in [-0.05, 0) is 54.8 Å². The first kappa shape index (κ1) is 20.7. The molecule has 0 aliphatic heterocycles. The number of hydrogen-bond acceptors (Lipinski definition) is 6. The minimum absolute atomic E-state index is 0.134. The smallest absolute Gasteiger partial charge is 0.309 e. The second-order valence-electron chi connectivity index (χ2n) is 6.83. The van der Waals surface area contributed by atoms with E-state index in [0.717, 1.165) is 15.4 Å². The van der Waals surface area contributed by atoms with Crippen LogP contribution in [-0.2, 0) is 16.6 Å². The van der Waals surface area contributed by atoms with Crippen molar-refractivity contribution in [2.75, 3.05) is 14.1 Å². The van der Waals surface area contributed by atoms with Crippen LogP contribution in [0.3, 0.4) is 0 Å². The van der Waals surface area contributed by atoms with Crippen LogP contribution in [0.5, 0.6) is 0 Å². The maximum Gasteiger partial charge on any atom is 0.309 e. The number of nitrogens with one attached hydrogen (secondary N) is 1. The summed E-state index contributed by atoms with van der Waals surface area (Å²) in [5, 5.41) is 10.4. The Balaban J connectivity index is 1.70. The molecule has 0 unspecified atom stereocenters. The molecule has 9 heteroatoms. The number of carbonyl (C=O) groups is 1. The summed E-state index contributed by atoms with van der Waals surface area (Å²) in [7, 11) is -0.596. The highest BCUT2D eigenvalue weighted by molar-refractivity contribution is 7.89. The van der Waals surface area contributed by atoms with E-state index in [1.807, 2.05) is 32.0 Å². The summed E-state index contributed by atoms with van der Waals surface area (Å²) >= 11 is 0. The Morgan fingerprint density at radius 3 is 2.34 bits per heavy atom. The van der Waals surface area contributed by atoms with E-state index < -0.39 is 15.9 Å². The first-order chi connectivity index (χ1) is 13.7. The molecule has 0 fully saturated rings. The minimum atomic E-state index is -3.52. The number of sulfonamides is 1. The molecule has 3 rings (SSSR count). The van der Waals surface area contributed by atoms with Crippen LogP contribution in [0.4, 0.5) is 0 Å². The monoisotopic (exact) mass is 414 g/mol. The van der Waals surface area contributed by atoms with Gasteiger partial charge in [-0.2, -0.15) is 0 Å². The summed E-state index contributed by atoms with van der Waals surface area (Å²) in [6.07, 6.45) is 0. The first-order valence-corrected chi connectivity index (χ1v) is 10.3. The molecule has 1 N–H and O–H groups in total. The molecule has 3 aromatic rings. The van der Waals surface area contributed by atoms with Crippen LogP contribution in [0.1, 0.15) is 27.4 Å². The summed E-state index contributed by atoms with van der Waals surface area (Å²) in [4.78, 5) is 12.4. The summed E-state index contributed by atoms with van der Waals surface area (Å²) < 4.78 is 30.8. The van der Waals surface area contributed by atoms with Crippen molar-refractivity contribution in [2.24, 2.45) is 0 Å². The van der Waals surface area contributed by atoms with Crippen molar-refractivity contribution >= 4 is 15.9 Å². The van der Waals surface area contributed by atoms with Gasteiger partial charge in [-0.1, -0.05) is 18.2 Å². The molecule has 0 atom stereocenters. The number of carbonyl (C=O) groups excluding carboxylic acids is 1. The van der Waals surface area contributed by atoms with Gasteiger partial charge in [-0.15, -0.1) is 10.2 Å². The third-order valence-electron chi connectivity index (χ3n) is 4.52. The number of benzene rings is 2. The van der Waals surface area contributed by atoms with Gasteiger partial charge < -0.3 is 9.73 Å². The first-order valence-electron chi connectivity index (χ1n) is 8.89. The lowest BCUT2D eigenvalue weighted by Crippen LogP contribution is -2.23. The van der Waals surface area contributed by atoms with Gasteiger partial charge in [0, 0.05) is 26.2 Å². The maximum atomic E-state index is 12.3. The Morgan fingerprint density at radius 2 is 1.72 bits per heavy atom. The minimum Gasteiger partial charge on any atom is -0.412 e. The van der Waals surface area contributed by atoms with E-state index in [2.05, 4.69) is 15.5 Å². The highest BCUT2D eigenvalue weighted by Crippen LogP contribution is 2.21. The molecular weight excluding hydrogens is 392 g/mol. The standard InChI is InChI=1S/C20H22N4O4S/c1-13-5-6-15(11-14(13)2)12-21-18(25)20-23-22-19(28-20)16-7-9-17(10-8-16)29(26,27)24(3)4/h5-11H,12H2,1-4H3,(H,21,25). The molecule has 0 aliphatic carbocycles. The Bertz CT molecular complexity index is 1140. The van der Waals surface area contributed by atoms with E-state index in [1.54, 1.807) is 12.1 Å². The normalized spacial score (nSPS) is 11.6. The summed E-state index contributed by atoms with van der Waals surface area (Å²) in [5.41, 5.74) is 3.82. The summed E-state index contributed by atoms with van der Waals surface area (Å²) in [6, 6.07) is 12.0. The topological polar surface area (TPSA) is 105 Å². The highest BCUT2D eigenvalue weighted by atomic mass is 32.2. The van der Waals surface area contributed by atoms with Gasteiger partial charge in [0.1, 0.15) is 0 Å². The van der Waals surface area contributed by atoms with Crippen molar-refractivity contribution in [1.82, 2.24) is 19.8 Å². The van der Waals surface area contributed by atoms with Gasteiger partial charge in [0.15, 0.2) is 0 Å². The van der Waals surface area contributed by atoms with Gasteiger partial charge in [-0.3, -0.25) is 4.79 Å². The van der Waals surface area contributed by atoms with Crippen molar-refractivity contribution in [3.8, 4) is 11.5 Å². The number of hydrogen-bond donors (Lipinski definition) is 1. The third kappa shape index (κ3) is 4.52. The number of amides is 1. The average molecular weight is 414 g/mol. The fraction of sp³-hybridized carbons (Fsp3) is 0.250. The molecule has 0 saturated carbocycles. The van der Waals surface area contributed by atoms with Gasteiger partial charge in [0.25, 0.3) is 0 Å². The zero-order chi connectivity index (χ0) is 21.2. The number of aryl methyl sites for hydroxylation is 2. The Morgan fingerprint density at radius 1 is 1.03 bits per heavy atom. The van der Waals surface area contributed by atoms with E-state index in [0.29, 0.717) is 12.1 Å². The quantitative estimate of drug-likeness (QED) is 0.664. The van der Waals surface area contributed by atoms with Gasteiger partial charge in [0.2, 0.25) is 15.9 Å². The van der Waals surface area contributed by atoms with Crippen molar-refractivity contribution in [3.05, 3.63) is 65.0 Å². The molecule has 0 saturated heterocycles. The fourth-order valence-corrected chi connectivity index (χ4v) is 3.49. The molecule has 0 aliphatic rings. The van der Waals surface area contributed by atoms with E-state index in [9.17, 15) is 13.2 Å². The summed E-state index contributed by atoms with van der Waals surface area (Å²) in [5.74, 6) is -0.502. The maximum absolute atomic E-state index is 12.3. The third-order valence-corrected chi connectivity index (χ3v) is 6.35. The molecule has 0 spiro atoms. The van der Waals surface area contributed by atoms with Gasteiger partial charge in [0.05, 0.1) is 4.90 Å². The van der Waals surface area contributed by atoms with Crippen LogP contribution in [0.15, 0.2) is 51.8 Å². The van der Waals surface area contributed by atoms with E-state index in [-0.39, 0.29) is 16.7 Å². The fourth-order valence-electron chi connectivity index (χ4n) is 2.58. The van der Waals surface area contributed by atoms with Crippen molar-refractivity contribution < 1.29 is 17.6 Å². The van der Waals surface area contributed by atoms with Gasteiger partial charge >= 0.3 is 11.8 Å². The Hall–Kier alpha value is -3.04. The van der Waals surface area contributed by atoms with E-state index in [1.165, 1.54) is 31.8 Å². The van der Waals surface area contributed by atoms with E-state index in [4.69, 9.17) is 4.42 Å². The average Bonchev–Trinajstić information content (AvgIpc) is 3.19. The molecule has 8 nitrogen and oxygen atoms in total. The van der Waals surface area contributed by atoms with Crippen molar-refractivity contribution in [3.63, 3.8) is 0 Å². The van der Waals surface area contributed by atoms with Crippen molar-refractivity contribution in [2.45, 2.75) is 25.3 Å².